The largest absolute Gasteiger partial charge is 0.508 e. The molecule has 2 aromatic carbocycles. The van der Waals surface area contributed by atoms with Crippen molar-refractivity contribution in [2.75, 3.05) is 18.0 Å². The number of nitriles is 1. The van der Waals surface area contributed by atoms with E-state index in [1.165, 1.54) is 4.90 Å². The number of rotatable bonds is 4. The lowest BCUT2D eigenvalue weighted by Crippen LogP contribution is -2.52. The van der Waals surface area contributed by atoms with E-state index >= 15 is 0 Å². The van der Waals surface area contributed by atoms with Crippen molar-refractivity contribution in [1.29, 1.82) is 5.26 Å². The number of amides is 1. The van der Waals surface area contributed by atoms with Crippen LogP contribution in [0.25, 0.3) is 10.9 Å². The lowest BCUT2D eigenvalue weighted by Gasteiger charge is -2.33. The maximum atomic E-state index is 13.3. The van der Waals surface area contributed by atoms with Gasteiger partial charge in [0.1, 0.15) is 17.4 Å². The molecule has 29 heavy (non-hydrogen) atoms. The van der Waals surface area contributed by atoms with Gasteiger partial charge in [0, 0.05) is 18.5 Å². The fourth-order valence-electron chi connectivity index (χ4n) is 3.51. The van der Waals surface area contributed by atoms with E-state index in [9.17, 15) is 20.0 Å². The zero-order chi connectivity index (χ0) is 20.5. The molecule has 1 aliphatic rings. The Morgan fingerprint density at radius 2 is 1.97 bits per heavy atom. The number of nitrogens with zero attached hydrogens (tertiary/aromatic N) is 2. The van der Waals surface area contributed by atoms with Crippen molar-refractivity contribution < 1.29 is 9.90 Å². The van der Waals surface area contributed by atoms with Gasteiger partial charge in [-0.1, -0.05) is 24.3 Å². The number of aromatic amines is 1. The molecule has 1 aromatic heterocycles. The Kier molecular flexibility index (Phi) is 4.79. The smallest absolute Gasteiger partial charge is 0.268 e. The Morgan fingerprint density at radius 1 is 1.24 bits per heavy atom. The summed E-state index contributed by atoms with van der Waals surface area (Å²) in [5.74, 6) is -0.219. The highest BCUT2D eigenvalue weighted by atomic mass is 16.3. The molecule has 0 unspecified atom stereocenters. The summed E-state index contributed by atoms with van der Waals surface area (Å²) < 4.78 is 0. The van der Waals surface area contributed by atoms with Crippen molar-refractivity contribution in [2.24, 2.45) is 5.92 Å². The number of benzene rings is 2. The first-order valence-electron chi connectivity index (χ1n) is 9.34. The van der Waals surface area contributed by atoms with Crippen molar-refractivity contribution >= 4 is 22.5 Å². The van der Waals surface area contributed by atoms with Gasteiger partial charge in [-0.3, -0.25) is 9.59 Å². The number of carbonyl (C=O) groups is 1. The molecule has 7 nitrogen and oxygen atoms in total. The van der Waals surface area contributed by atoms with Crippen LogP contribution in [0.1, 0.15) is 16.7 Å². The molecule has 4 rings (SSSR count). The van der Waals surface area contributed by atoms with Gasteiger partial charge < -0.3 is 20.3 Å². The molecule has 2 heterocycles. The molecule has 7 heteroatoms. The van der Waals surface area contributed by atoms with Gasteiger partial charge in [-0.25, -0.2) is 0 Å². The number of aryl methyl sites for hydroxylation is 1. The second-order valence-electron chi connectivity index (χ2n) is 7.28. The quantitative estimate of drug-likeness (QED) is 0.635. The van der Waals surface area contributed by atoms with Crippen molar-refractivity contribution in [1.82, 2.24) is 10.3 Å². The number of hydrogen-bond acceptors (Lipinski definition) is 5. The van der Waals surface area contributed by atoms with E-state index in [4.69, 9.17) is 0 Å². The van der Waals surface area contributed by atoms with E-state index in [1.807, 2.05) is 31.2 Å². The van der Waals surface area contributed by atoms with Gasteiger partial charge in [-0.15, -0.1) is 0 Å². The molecule has 3 aromatic rings. The summed E-state index contributed by atoms with van der Waals surface area (Å²) in [5, 5.41) is 23.0. The monoisotopic (exact) mass is 388 g/mol. The molecule has 1 amide bonds. The molecule has 0 bridgehead atoms. The highest BCUT2D eigenvalue weighted by molar-refractivity contribution is 6.05. The Bertz CT molecular complexity index is 1190. The van der Waals surface area contributed by atoms with Crippen LogP contribution in [0.15, 0.2) is 47.3 Å². The van der Waals surface area contributed by atoms with E-state index in [0.29, 0.717) is 29.7 Å². The van der Waals surface area contributed by atoms with Crippen LogP contribution >= 0.6 is 0 Å². The SMILES string of the molecule is Cc1ccc2c(N(Cc3ccc(O)cc3)C(=O)C3CNC3)c(C#N)c(=O)[nH]c2c1. The Hall–Kier alpha value is -3.63. The molecule has 0 saturated carbocycles. The minimum Gasteiger partial charge on any atom is -0.508 e. The van der Waals surface area contributed by atoms with Crippen LogP contribution in [0.2, 0.25) is 0 Å². The third-order valence-electron chi connectivity index (χ3n) is 5.20. The molecular weight excluding hydrogens is 368 g/mol. The van der Waals surface area contributed by atoms with Crippen LogP contribution < -0.4 is 15.8 Å². The van der Waals surface area contributed by atoms with E-state index in [-0.39, 0.29) is 29.7 Å². The third kappa shape index (κ3) is 3.46. The molecule has 0 atom stereocenters. The maximum absolute atomic E-state index is 13.3. The van der Waals surface area contributed by atoms with Gasteiger partial charge in [-0.05, 0) is 36.2 Å². The molecule has 0 aliphatic carbocycles. The van der Waals surface area contributed by atoms with E-state index in [0.717, 1.165) is 11.1 Å². The predicted molar refractivity (Wildman–Crippen MR) is 110 cm³/mol. The number of fused-ring (bicyclic) bond motifs is 1. The summed E-state index contributed by atoms with van der Waals surface area (Å²) in [6.07, 6.45) is 0. The van der Waals surface area contributed by atoms with Gasteiger partial charge in [-0.2, -0.15) is 5.26 Å². The van der Waals surface area contributed by atoms with Gasteiger partial charge in [0.2, 0.25) is 5.91 Å². The van der Waals surface area contributed by atoms with Crippen LogP contribution in [-0.2, 0) is 11.3 Å². The van der Waals surface area contributed by atoms with Gasteiger partial charge in [0.05, 0.1) is 23.7 Å². The first-order valence-corrected chi connectivity index (χ1v) is 9.34. The molecule has 0 spiro atoms. The van der Waals surface area contributed by atoms with Gasteiger partial charge in [0.15, 0.2) is 0 Å². The fourth-order valence-corrected chi connectivity index (χ4v) is 3.51. The maximum Gasteiger partial charge on any atom is 0.268 e. The second kappa shape index (κ2) is 7.41. The standard InChI is InChI=1S/C22H20N4O3/c1-13-2-7-17-19(8-13)25-21(28)18(9-23)20(17)26(22(29)15-10-24-11-15)12-14-3-5-16(27)6-4-14/h2-8,15,24,27H,10-12H2,1H3,(H,25,28). The number of phenols is 1. The number of carbonyl (C=O) groups excluding carboxylic acids is 1. The third-order valence-corrected chi connectivity index (χ3v) is 5.20. The molecule has 0 radical (unpaired) electrons. The van der Waals surface area contributed by atoms with Crippen LogP contribution in [0.5, 0.6) is 5.75 Å². The number of aromatic hydroxyl groups is 1. The summed E-state index contributed by atoms with van der Waals surface area (Å²) in [6.45, 7) is 3.23. The van der Waals surface area contributed by atoms with Crippen LogP contribution in [0.3, 0.4) is 0 Å². The molecule has 1 aliphatic heterocycles. The Morgan fingerprint density at radius 3 is 2.59 bits per heavy atom. The average molecular weight is 388 g/mol. The zero-order valence-electron chi connectivity index (χ0n) is 15.9. The number of pyridine rings is 1. The predicted octanol–water partition coefficient (Wildman–Crippen LogP) is 2.17. The summed E-state index contributed by atoms with van der Waals surface area (Å²) in [5.41, 5.74) is 2.06. The van der Waals surface area contributed by atoms with Gasteiger partial charge in [0.25, 0.3) is 5.56 Å². The van der Waals surface area contributed by atoms with Crippen molar-refractivity contribution in [3.8, 4) is 11.8 Å². The minimum atomic E-state index is -0.518. The van der Waals surface area contributed by atoms with Crippen LogP contribution in [0.4, 0.5) is 5.69 Å². The normalized spacial score (nSPS) is 13.7. The molecule has 146 valence electrons. The van der Waals surface area contributed by atoms with Gasteiger partial charge >= 0.3 is 0 Å². The van der Waals surface area contributed by atoms with Crippen molar-refractivity contribution in [2.45, 2.75) is 13.5 Å². The highest BCUT2D eigenvalue weighted by Gasteiger charge is 2.32. The van der Waals surface area contributed by atoms with E-state index < -0.39 is 5.56 Å². The van der Waals surface area contributed by atoms with Crippen molar-refractivity contribution in [3.05, 3.63) is 69.5 Å². The molecule has 1 saturated heterocycles. The average Bonchev–Trinajstić information content (AvgIpc) is 2.65. The summed E-state index contributed by atoms with van der Waals surface area (Å²) in [4.78, 5) is 30.2. The molecular formula is C22H20N4O3. The Labute approximate surface area is 167 Å². The first kappa shape index (κ1) is 18.7. The summed E-state index contributed by atoms with van der Waals surface area (Å²) >= 11 is 0. The number of hydrogen-bond donors (Lipinski definition) is 3. The van der Waals surface area contributed by atoms with Crippen molar-refractivity contribution in [3.63, 3.8) is 0 Å². The fraction of sp³-hybridized carbons (Fsp3) is 0.227. The number of nitrogens with one attached hydrogen (secondary N) is 2. The summed E-state index contributed by atoms with van der Waals surface area (Å²) in [6, 6.07) is 14.1. The van der Waals surface area contributed by atoms with Crippen LogP contribution in [0, 0.1) is 24.2 Å². The number of phenolic OH excluding ortho intramolecular Hbond substituents is 1. The number of aromatic nitrogens is 1. The topological polar surface area (TPSA) is 109 Å². The highest BCUT2D eigenvalue weighted by Crippen LogP contribution is 2.31. The van der Waals surface area contributed by atoms with Crippen LogP contribution in [-0.4, -0.2) is 29.1 Å². The molecule has 3 N–H and O–H groups in total. The summed E-state index contributed by atoms with van der Waals surface area (Å²) in [7, 11) is 0. The zero-order valence-corrected chi connectivity index (χ0v) is 15.9. The van der Waals surface area contributed by atoms with E-state index in [1.54, 1.807) is 24.3 Å². The number of H-pyrrole nitrogens is 1. The second-order valence-corrected chi connectivity index (χ2v) is 7.28. The minimum absolute atomic E-state index is 0.0826. The lowest BCUT2D eigenvalue weighted by atomic mass is 9.99. The Balaban J connectivity index is 1.92. The first-order chi connectivity index (χ1) is 14.0. The lowest BCUT2D eigenvalue weighted by molar-refractivity contribution is -0.123. The number of anilines is 1. The molecule has 1 fully saturated rings. The van der Waals surface area contributed by atoms with E-state index in [2.05, 4.69) is 10.3 Å².